The number of rotatable bonds is 7. The van der Waals surface area contributed by atoms with E-state index in [1.807, 2.05) is 31.3 Å². The molecule has 0 atom stereocenters. The van der Waals surface area contributed by atoms with E-state index in [0.717, 1.165) is 24.1 Å². The molecule has 2 amide bonds. The first-order valence-corrected chi connectivity index (χ1v) is 7.00. The number of benzene rings is 1. The lowest BCUT2D eigenvalue weighted by Crippen LogP contribution is -2.26. The Bertz CT molecular complexity index is 484. The van der Waals surface area contributed by atoms with E-state index in [1.54, 1.807) is 0 Å². The first-order chi connectivity index (χ1) is 9.69. The summed E-state index contributed by atoms with van der Waals surface area (Å²) in [6.45, 7) is 1.15. The van der Waals surface area contributed by atoms with Crippen molar-refractivity contribution < 1.29 is 9.59 Å². The Morgan fingerprint density at radius 2 is 2.10 bits per heavy atom. The highest BCUT2D eigenvalue weighted by Crippen LogP contribution is 2.30. The first kappa shape index (κ1) is 14.5. The van der Waals surface area contributed by atoms with Gasteiger partial charge in [-0.05, 0) is 37.6 Å². The summed E-state index contributed by atoms with van der Waals surface area (Å²) in [5.41, 5.74) is 1.78. The highest BCUT2D eigenvalue weighted by Gasteiger charge is 2.29. The summed E-state index contributed by atoms with van der Waals surface area (Å²) in [5.74, 6) is 0.312. The van der Waals surface area contributed by atoms with Crippen LogP contribution in [0.4, 0.5) is 5.69 Å². The summed E-state index contributed by atoms with van der Waals surface area (Å²) in [7, 11) is 1.82. The Labute approximate surface area is 119 Å². The van der Waals surface area contributed by atoms with Crippen molar-refractivity contribution in [3.05, 3.63) is 29.8 Å². The third-order valence-electron chi connectivity index (χ3n) is 3.23. The van der Waals surface area contributed by atoms with Crippen molar-refractivity contribution >= 4 is 17.5 Å². The van der Waals surface area contributed by atoms with Gasteiger partial charge in [-0.2, -0.15) is 0 Å². The van der Waals surface area contributed by atoms with Gasteiger partial charge in [0.25, 0.3) is 0 Å². The smallest absolute Gasteiger partial charge is 0.227 e. The van der Waals surface area contributed by atoms with Gasteiger partial charge in [-0.1, -0.05) is 12.1 Å². The van der Waals surface area contributed by atoms with Gasteiger partial charge in [0.2, 0.25) is 11.8 Å². The van der Waals surface area contributed by atoms with E-state index in [0.29, 0.717) is 19.5 Å². The number of carbonyl (C=O) groups is 2. The maximum atomic E-state index is 11.7. The van der Waals surface area contributed by atoms with Crippen LogP contribution in [0.15, 0.2) is 24.3 Å². The Balaban J connectivity index is 1.82. The number of hydrogen-bond donors (Lipinski definition) is 3. The van der Waals surface area contributed by atoms with E-state index in [-0.39, 0.29) is 17.7 Å². The number of carbonyl (C=O) groups excluding carboxylic acids is 2. The zero-order valence-electron chi connectivity index (χ0n) is 11.7. The summed E-state index contributed by atoms with van der Waals surface area (Å²) < 4.78 is 0. The fourth-order valence-corrected chi connectivity index (χ4v) is 1.88. The molecule has 0 bridgehead atoms. The molecule has 5 nitrogen and oxygen atoms in total. The minimum Gasteiger partial charge on any atom is -0.352 e. The third-order valence-corrected chi connectivity index (χ3v) is 3.23. The molecular weight excluding hydrogens is 254 g/mol. The predicted molar refractivity (Wildman–Crippen MR) is 78.2 cm³/mol. The molecule has 1 fully saturated rings. The van der Waals surface area contributed by atoms with Crippen molar-refractivity contribution in [2.75, 3.05) is 18.9 Å². The van der Waals surface area contributed by atoms with Gasteiger partial charge < -0.3 is 16.0 Å². The molecule has 1 aromatic carbocycles. The fourth-order valence-electron chi connectivity index (χ4n) is 1.88. The predicted octanol–water partition coefficient (Wildman–Crippen LogP) is 1.26. The minimum atomic E-state index is 0.0202. The van der Waals surface area contributed by atoms with Crippen LogP contribution in [-0.2, 0) is 16.1 Å². The van der Waals surface area contributed by atoms with Crippen LogP contribution < -0.4 is 16.0 Å². The SMILES string of the molecule is CNCCC(=O)NCc1cccc(NC(=O)C2CC2)c1. The van der Waals surface area contributed by atoms with Crippen molar-refractivity contribution in [1.29, 1.82) is 0 Å². The second-order valence-electron chi connectivity index (χ2n) is 5.09. The summed E-state index contributed by atoms with van der Waals surface area (Å²) in [5, 5.41) is 8.70. The molecular formula is C15H21N3O2. The van der Waals surface area contributed by atoms with Gasteiger partial charge in [0.05, 0.1) is 0 Å². The van der Waals surface area contributed by atoms with Crippen LogP contribution >= 0.6 is 0 Å². The molecule has 1 aliphatic carbocycles. The molecule has 0 unspecified atom stereocenters. The van der Waals surface area contributed by atoms with Crippen LogP contribution in [0.1, 0.15) is 24.8 Å². The van der Waals surface area contributed by atoms with Crippen LogP contribution in [0.3, 0.4) is 0 Å². The maximum absolute atomic E-state index is 11.7. The van der Waals surface area contributed by atoms with Gasteiger partial charge in [-0.25, -0.2) is 0 Å². The zero-order chi connectivity index (χ0) is 14.4. The first-order valence-electron chi connectivity index (χ1n) is 7.00. The molecule has 0 aromatic heterocycles. The summed E-state index contributed by atoms with van der Waals surface area (Å²) >= 11 is 0. The van der Waals surface area contributed by atoms with Crippen molar-refractivity contribution in [1.82, 2.24) is 10.6 Å². The van der Waals surface area contributed by atoms with Crippen LogP contribution in [0, 0.1) is 5.92 Å². The molecule has 1 aliphatic rings. The molecule has 1 saturated carbocycles. The van der Waals surface area contributed by atoms with Crippen LogP contribution in [0.2, 0.25) is 0 Å². The standard InChI is InChI=1S/C15H21N3O2/c1-16-8-7-14(19)17-10-11-3-2-4-13(9-11)18-15(20)12-5-6-12/h2-4,9,12,16H,5-8,10H2,1H3,(H,17,19)(H,18,20). The largest absolute Gasteiger partial charge is 0.352 e. The third kappa shape index (κ3) is 4.66. The van der Waals surface area contributed by atoms with Gasteiger partial charge in [-0.15, -0.1) is 0 Å². The number of hydrogen-bond acceptors (Lipinski definition) is 3. The Morgan fingerprint density at radius 1 is 1.30 bits per heavy atom. The van der Waals surface area contributed by atoms with E-state index < -0.39 is 0 Å². The van der Waals surface area contributed by atoms with E-state index in [1.165, 1.54) is 0 Å². The average Bonchev–Trinajstić information content (AvgIpc) is 3.28. The van der Waals surface area contributed by atoms with E-state index >= 15 is 0 Å². The Hall–Kier alpha value is -1.88. The Kier molecular flexibility index (Phi) is 5.12. The second kappa shape index (κ2) is 7.05. The molecule has 0 radical (unpaired) electrons. The highest BCUT2D eigenvalue weighted by atomic mass is 16.2. The van der Waals surface area contributed by atoms with Crippen molar-refractivity contribution in [2.45, 2.75) is 25.8 Å². The van der Waals surface area contributed by atoms with E-state index in [4.69, 9.17) is 0 Å². The van der Waals surface area contributed by atoms with Crippen molar-refractivity contribution in [3.8, 4) is 0 Å². The number of amides is 2. The van der Waals surface area contributed by atoms with E-state index in [9.17, 15) is 9.59 Å². The quantitative estimate of drug-likeness (QED) is 0.701. The molecule has 2 rings (SSSR count). The molecule has 5 heteroatoms. The van der Waals surface area contributed by atoms with Gasteiger partial charge >= 0.3 is 0 Å². The second-order valence-corrected chi connectivity index (χ2v) is 5.09. The van der Waals surface area contributed by atoms with Crippen molar-refractivity contribution in [3.63, 3.8) is 0 Å². The molecule has 0 spiro atoms. The van der Waals surface area contributed by atoms with Gasteiger partial charge in [0.15, 0.2) is 0 Å². The Morgan fingerprint density at radius 3 is 2.80 bits per heavy atom. The van der Waals surface area contributed by atoms with Gasteiger partial charge in [0, 0.05) is 31.1 Å². The molecule has 20 heavy (non-hydrogen) atoms. The highest BCUT2D eigenvalue weighted by molar-refractivity contribution is 5.94. The molecule has 0 heterocycles. The summed E-state index contributed by atoms with van der Waals surface area (Å²) in [6, 6.07) is 7.59. The lowest BCUT2D eigenvalue weighted by atomic mass is 10.2. The van der Waals surface area contributed by atoms with Gasteiger partial charge in [-0.3, -0.25) is 9.59 Å². The lowest BCUT2D eigenvalue weighted by molar-refractivity contribution is -0.121. The molecule has 108 valence electrons. The maximum Gasteiger partial charge on any atom is 0.227 e. The monoisotopic (exact) mass is 275 g/mol. The number of anilines is 1. The number of nitrogens with one attached hydrogen (secondary N) is 3. The zero-order valence-corrected chi connectivity index (χ0v) is 11.7. The summed E-state index contributed by atoms with van der Waals surface area (Å²) in [6.07, 6.45) is 2.45. The topological polar surface area (TPSA) is 70.2 Å². The fraction of sp³-hybridized carbons (Fsp3) is 0.467. The van der Waals surface area contributed by atoms with E-state index in [2.05, 4.69) is 16.0 Å². The summed E-state index contributed by atoms with van der Waals surface area (Å²) in [4.78, 5) is 23.2. The van der Waals surface area contributed by atoms with Crippen molar-refractivity contribution in [2.24, 2.45) is 5.92 Å². The lowest BCUT2D eigenvalue weighted by Gasteiger charge is -2.08. The molecule has 3 N–H and O–H groups in total. The van der Waals surface area contributed by atoms with Crippen LogP contribution in [0.25, 0.3) is 0 Å². The van der Waals surface area contributed by atoms with Crippen LogP contribution in [-0.4, -0.2) is 25.4 Å². The molecule has 0 aliphatic heterocycles. The van der Waals surface area contributed by atoms with Gasteiger partial charge in [0.1, 0.15) is 0 Å². The molecule has 1 aromatic rings. The average molecular weight is 275 g/mol. The normalized spacial score (nSPS) is 13.8. The minimum absolute atomic E-state index is 0.0202. The molecule has 0 saturated heterocycles. The van der Waals surface area contributed by atoms with Crippen LogP contribution in [0.5, 0.6) is 0 Å².